The lowest BCUT2D eigenvalue weighted by atomic mass is 10.1. The van der Waals surface area contributed by atoms with E-state index in [0.29, 0.717) is 5.56 Å². The molecule has 2 aromatic rings. The third-order valence-corrected chi connectivity index (χ3v) is 4.46. The monoisotopic (exact) mass is 391 g/mol. The standard InChI is InChI=1S/C19H13N5O3S/c1-27-17(25)8-16-18(26)23-19(28-16)24-22-11-12-2-5-14(6-3-12)15-7-4-13(9-20)10-21-15/h2-8,10-11H,1H3,(H,23,24,26)/b16-8+,22-11?. The minimum atomic E-state index is -0.612. The molecule has 1 aromatic heterocycles. The molecule has 0 aliphatic carbocycles. The number of carbonyl (C=O) groups excluding carboxylic acids is 2. The van der Waals surface area contributed by atoms with Gasteiger partial charge < -0.3 is 4.74 Å². The first kappa shape index (κ1) is 19.0. The molecule has 3 rings (SSSR count). The highest BCUT2D eigenvalue weighted by atomic mass is 32.2. The van der Waals surface area contributed by atoms with Gasteiger partial charge in [0.1, 0.15) is 6.07 Å². The number of methoxy groups -OCH3 is 1. The summed E-state index contributed by atoms with van der Waals surface area (Å²) < 4.78 is 4.49. The van der Waals surface area contributed by atoms with Crippen molar-refractivity contribution >= 4 is 35.0 Å². The molecule has 28 heavy (non-hydrogen) atoms. The lowest BCUT2D eigenvalue weighted by molar-refractivity contribution is -0.135. The van der Waals surface area contributed by atoms with Crippen LogP contribution >= 0.6 is 11.8 Å². The highest BCUT2D eigenvalue weighted by molar-refractivity contribution is 8.18. The largest absolute Gasteiger partial charge is 0.466 e. The third kappa shape index (κ3) is 4.69. The van der Waals surface area contributed by atoms with Gasteiger partial charge in [0.2, 0.25) is 0 Å². The van der Waals surface area contributed by atoms with E-state index < -0.39 is 11.9 Å². The van der Waals surface area contributed by atoms with Gasteiger partial charge in [-0.2, -0.15) is 10.4 Å². The number of esters is 1. The number of amides is 1. The Labute approximate surface area is 164 Å². The topological polar surface area (TPSA) is 117 Å². The Morgan fingerprint density at radius 1 is 1.29 bits per heavy atom. The second-order valence-corrected chi connectivity index (χ2v) is 6.43. The van der Waals surface area contributed by atoms with Crippen molar-refractivity contribution in [3.05, 3.63) is 64.7 Å². The van der Waals surface area contributed by atoms with E-state index in [0.717, 1.165) is 34.7 Å². The average molecular weight is 391 g/mol. The number of rotatable bonds is 4. The molecule has 0 unspecified atom stereocenters. The summed E-state index contributed by atoms with van der Waals surface area (Å²) in [5.74, 6) is -1.04. The lowest BCUT2D eigenvalue weighted by Gasteiger charge is -2.01. The number of ether oxygens (including phenoxy) is 1. The van der Waals surface area contributed by atoms with Gasteiger partial charge in [-0.3, -0.25) is 15.1 Å². The van der Waals surface area contributed by atoms with Crippen LogP contribution in [0.25, 0.3) is 11.3 Å². The molecule has 0 saturated carbocycles. The maximum absolute atomic E-state index is 11.7. The normalized spacial score (nSPS) is 16.4. The van der Waals surface area contributed by atoms with Gasteiger partial charge in [0, 0.05) is 17.8 Å². The first-order chi connectivity index (χ1) is 13.6. The zero-order valence-electron chi connectivity index (χ0n) is 14.6. The summed E-state index contributed by atoms with van der Waals surface area (Å²) in [6.07, 6.45) is 4.16. The molecule has 8 nitrogen and oxygen atoms in total. The number of thioether (sulfide) groups is 1. The number of carbonyl (C=O) groups is 2. The van der Waals surface area contributed by atoms with E-state index in [9.17, 15) is 9.59 Å². The highest BCUT2D eigenvalue weighted by Gasteiger charge is 2.24. The van der Waals surface area contributed by atoms with Crippen molar-refractivity contribution in [2.24, 2.45) is 10.2 Å². The Morgan fingerprint density at radius 2 is 2.07 bits per heavy atom. The zero-order valence-corrected chi connectivity index (χ0v) is 15.4. The van der Waals surface area contributed by atoms with Crippen LogP contribution in [-0.2, 0) is 14.3 Å². The number of amidine groups is 1. The van der Waals surface area contributed by atoms with Gasteiger partial charge in [-0.1, -0.05) is 24.3 Å². The van der Waals surface area contributed by atoms with Crippen molar-refractivity contribution < 1.29 is 14.3 Å². The fourth-order valence-electron chi connectivity index (χ4n) is 2.16. The molecule has 0 atom stereocenters. The van der Waals surface area contributed by atoms with Crippen molar-refractivity contribution in [3.8, 4) is 17.3 Å². The zero-order chi connectivity index (χ0) is 19.9. The molecular weight excluding hydrogens is 378 g/mol. The maximum atomic E-state index is 11.7. The van der Waals surface area contributed by atoms with Gasteiger partial charge in [0.05, 0.1) is 29.5 Å². The predicted molar refractivity (Wildman–Crippen MR) is 105 cm³/mol. The summed E-state index contributed by atoms with van der Waals surface area (Å²) >= 11 is 1.00. The molecule has 0 bridgehead atoms. The molecule has 9 heteroatoms. The second kappa shape index (κ2) is 8.75. The summed E-state index contributed by atoms with van der Waals surface area (Å²) in [6, 6.07) is 13.0. The van der Waals surface area contributed by atoms with Gasteiger partial charge >= 0.3 is 5.97 Å². The summed E-state index contributed by atoms with van der Waals surface area (Å²) in [4.78, 5) is 27.4. The molecule has 1 aliphatic heterocycles. The molecular formula is C19H13N5O3S. The van der Waals surface area contributed by atoms with Gasteiger partial charge in [-0.25, -0.2) is 4.79 Å². The van der Waals surface area contributed by atoms with Crippen LogP contribution in [0.5, 0.6) is 0 Å². The van der Waals surface area contributed by atoms with Crippen LogP contribution in [0.2, 0.25) is 0 Å². The van der Waals surface area contributed by atoms with Gasteiger partial charge in [0.25, 0.3) is 5.91 Å². The number of hydrogen-bond donors (Lipinski definition) is 1. The maximum Gasteiger partial charge on any atom is 0.331 e. The molecule has 0 spiro atoms. The fourth-order valence-corrected chi connectivity index (χ4v) is 2.90. The van der Waals surface area contributed by atoms with E-state index in [1.165, 1.54) is 19.5 Å². The van der Waals surface area contributed by atoms with Crippen molar-refractivity contribution in [1.82, 2.24) is 10.3 Å². The van der Waals surface area contributed by atoms with Gasteiger partial charge in [-0.15, -0.1) is 5.10 Å². The van der Waals surface area contributed by atoms with E-state index >= 15 is 0 Å². The van der Waals surface area contributed by atoms with Crippen LogP contribution in [0.1, 0.15) is 11.1 Å². The molecule has 1 saturated heterocycles. The number of nitrogens with one attached hydrogen (secondary N) is 1. The minimum absolute atomic E-state index is 0.195. The molecule has 1 aliphatic rings. The van der Waals surface area contributed by atoms with Crippen LogP contribution < -0.4 is 5.32 Å². The van der Waals surface area contributed by atoms with E-state index in [2.05, 4.69) is 25.2 Å². The van der Waals surface area contributed by atoms with Crippen LogP contribution in [0.4, 0.5) is 0 Å². The molecule has 1 aromatic carbocycles. The fraction of sp³-hybridized carbons (Fsp3) is 0.0526. The minimum Gasteiger partial charge on any atom is -0.466 e. The molecule has 1 amide bonds. The Morgan fingerprint density at radius 3 is 2.71 bits per heavy atom. The molecule has 2 heterocycles. The summed E-state index contributed by atoms with van der Waals surface area (Å²) in [5.41, 5.74) is 2.98. The van der Waals surface area contributed by atoms with Crippen molar-refractivity contribution in [2.75, 3.05) is 7.11 Å². The molecule has 0 radical (unpaired) electrons. The number of aromatic nitrogens is 1. The number of benzene rings is 1. The van der Waals surface area contributed by atoms with Gasteiger partial charge in [0.15, 0.2) is 5.17 Å². The van der Waals surface area contributed by atoms with E-state index in [-0.39, 0.29) is 10.1 Å². The van der Waals surface area contributed by atoms with E-state index in [1.807, 2.05) is 30.3 Å². The first-order valence-electron chi connectivity index (χ1n) is 7.95. The first-order valence-corrected chi connectivity index (χ1v) is 8.77. The van der Waals surface area contributed by atoms with Crippen LogP contribution in [-0.4, -0.2) is 35.4 Å². The average Bonchev–Trinajstić information content (AvgIpc) is 3.07. The molecule has 1 fully saturated rings. The summed E-state index contributed by atoms with van der Waals surface area (Å²) in [5, 5.41) is 19.5. The number of hydrogen-bond acceptors (Lipinski definition) is 8. The SMILES string of the molecule is COC(=O)/C=C1/S/C(=N\N=Cc2ccc(-c3ccc(C#N)cn3)cc2)NC1=O. The third-order valence-electron chi connectivity index (χ3n) is 3.56. The summed E-state index contributed by atoms with van der Waals surface area (Å²) in [7, 11) is 1.24. The molecule has 138 valence electrons. The Hall–Kier alpha value is -3.77. The van der Waals surface area contributed by atoms with Crippen LogP contribution in [0.15, 0.2) is 63.8 Å². The quantitative estimate of drug-likeness (QED) is 0.370. The number of nitrogens with zero attached hydrogens (tertiary/aromatic N) is 4. The lowest BCUT2D eigenvalue weighted by Crippen LogP contribution is -2.19. The van der Waals surface area contributed by atoms with Crippen LogP contribution in [0.3, 0.4) is 0 Å². The van der Waals surface area contributed by atoms with Crippen molar-refractivity contribution in [1.29, 1.82) is 5.26 Å². The van der Waals surface area contributed by atoms with E-state index in [1.54, 1.807) is 12.1 Å². The Balaban J connectivity index is 1.66. The number of nitriles is 1. The van der Waals surface area contributed by atoms with E-state index in [4.69, 9.17) is 5.26 Å². The Bertz CT molecular complexity index is 1030. The smallest absolute Gasteiger partial charge is 0.331 e. The van der Waals surface area contributed by atoms with Crippen molar-refractivity contribution in [3.63, 3.8) is 0 Å². The number of pyridine rings is 1. The molecule has 1 N–H and O–H groups in total. The van der Waals surface area contributed by atoms with Crippen molar-refractivity contribution in [2.45, 2.75) is 0 Å². The van der Waals surface area contributed by atoms with Crippen LogP contribution in [0, 0.1) is 11.3 Å². The second-order valence-electron chi connectivity index (χ2n) is 5.40. The highest BCUT2D eigenvalue weighted by Crippen LogP contribution is 2.23. The predicted octanol–water partition coefficient (Wildman–Crippen LogP) is 2.23. The Kier molecular flexibility index (Phi) is 5.94. The summed E-state index contributed by atoms with van der Waals surface area (Å²) in [6.45, 7) is 0. The van der Waals surface area contributed by atoms with Gasteiger partial charge in [-0.05, 0) is 29.5 Å².